The second-order valence-electron chi connectivity index (χ2n) is 5.13. The topological polar surface area (TPSA) is 58.7 Å². The van der Waals surface area contributed by atoms with Crippen LogP contribution < -0.4 is 5.56 Å². The molecule has 2 aromatic heterocycles. The summed E-state index contributed by atoms with van der Waals surface area (Å²) in [5.74, 6) is 1.02. The smallest absolute Gasteiger partial charge is 0.262 e. The third-order valence-corrected chi connectivity index (χ3v) is 4.44. The van der Waals surface area contributed by atoms with Crippen molar-refractivity contribution in [3.63, 3.8) is 0 Å². The van der Waals surface area contributed by atoms with Gasteiger partial charge in [-0.1, -0.05) is 20.8 Å². The number of thiophene rings is 1. The van der Waals surface area contributed by atoms with E-state index in [0.717, 1.165) is 17.1 Å². The molecule has 106 valence electrons. The molecule has 2 heterocycles. The average Bonchev–Trinajstić information content (AvgIpc) is 2.84. The highest BCUT2D eigenvalue weighted by Gasteiger charge is 2.15. The molecular weight excluding hydrogens is 270 g/mol. The number of hydrogen-bond donors (Lipinski definition) is 0. The van der Waals surface area contributed by atoms with Gasteiger partial charge in [-0.15, -0.1) is 11.3 Å². The Morgan fingerprint density at radius 1 is 1.50 bits per heavy atom. The summed E-state index contributed by atoms with van der Waals surface area (Å²) < 4.78 is 1.75. The normalized spacial score (nSPS) is 11.2. The second-order valence-corrected chi connectivity index (χ2v) is 6.24. The molecule has 0 N–H and O–H groups in total. The van der Waals surface area contributed by atoms with Crippen LogP contribution >= 0.6 is 11.3 Å². The zero-order valence-corrected chi connectivity index (χ0v) is 13.0. The summed E-state index contributed by atoms with van der Waals surface area (Å²) in [5, 5.41) is 9.36. The molecular formula is C15H19N3OS. The first-order chi connectivity index (χ1) is 9.58. The molecule has 20 heavy (non-hydrogen) atoms. The van der Waals surface area contributed by atoms with Crippen molar-refractivity contribution in [2.75, 3.05) is 0 Å². The summed E-state index contributed by atoms with van der Waals surface area (Å²) in [6.07, 6.45) is 2.08. The third-order valence-electron chi connectivity index (χ3n) is 3.27. The van der Waals surface area contributed by atoms with Crippen molar-refractivity contribution >= 4 is 21.6 Å². The van der Waals surface area contributed by atoms with Gasteiger partial charge in [0.25, 0.3) is 5.56 Å². The Hall–Kier alpha value is -1.67. The van der Waals surface area contributed by atoms with Crippen molar-refractivity contribution in [2.45, 2.75) is 52.5 Å². The van der Waals surface area contributed by atoms with Crippen LogP contribution in [0.2, 0.25) is 0 Å². The monoisotopic (exact) mass is 289 g/mol. The van der Waals surface area contributed by atoms with E-state index in [2.05, 4.69) is 18.0 Å². The molecule has 0 fully saturated rings. The molecule has 0 aliphatic carbocycles. The van der Waals surface area contributed by atoms with E-state index in [1.807, 2.05) is 19.9 Å². The van der Waals surface area contributed by atoms with Gasteiger partial charge in [0.15, 0.2) is 0 Å². The second kappa shape index (κ2) is 6.19. The molecule has 0 saturated carbocycles. The predicted octanol–water partition coefficient (Wildman–Crippen LogP) is 3.45. The number of fused-ring (bicyclic) bond motifs is 1. The molecule has 2 rings (SSSR count). The number of aromatic nitrogens is 2. The zero-order chi connectivity index (χ0) is 14.7. The van der Waals surface area contributed by atoms with E-state index in [-0.39, 0.29) is 11.5 Å². The third kappa shape index (κ3) is 2.75. The minimum Gasteiger partial charge on any atom is -0.296 e. The molecule has 2 aromatic rings. The van der Waals surface area contributed by atoms with Crippen LogP contribution in [0.25, 0.3) is 10.2 Å². The summed E-state index contributed by atoms with van der Waals surface area (Å²) in [4.78, 5) is 19.3. The molecule has 0 aliphatic rings. The Morgan fingerprint density at radius 2 is 2.25 bits per heavy atom. The van der Waals surface area contributed by atoms with Crippen LogP contribution in [0.3, 0.4) is 0 Å². The highest BCUT2D eigenvalue weighted by atomic mass is 32.1. The van der Waals surface area contributed by atoms with Gasteiger partial charge in [-0.3, -0.25) is 9.36 Å². The first-order valence-electron chi connectivity index (χ1n) is 6.98. The van der Waals surface area contributed by atoms with Gasteiger partial charge in [-0.2, -0.15) is 5.26 Å². The minimum atomic E-state index is 0.0348. The Bertz CT molecular complexity index is 706. The Balaban J connectivity index is 2.57. The molecule has 0 unspecified atom stereocenters. The van der Waals surface area contributed by atoms with Crippen LogP contribution in [-0.2, 0) is 13.0 Å². The number of nitrogens with zero attached hydrogens (tertiary/aromatic N) is 3. The van der Waals surface area contributed by atoms with Crippen LogP contribution in [0.15, 0.2) is 10.9 Å². The van der Waals surface area contributed by atoms with Crippen LogP contribution in [-0.4, -0.2) is 9.55 Å². The molecule has 0 radical (unpaired) electrons. The zero-order valence-electron chi connectivity index (χ0n) is 12.1. The van der Waals surface area contributed by atoms with E-state index in [0.29, 0.717) is 24.8 Å². The van der Waals surface area contributed by atoms with Gasteiger partial charge in [-0.05, 0) is 18.9 Å². The van der Waals surface area contributed by atoms with Crippen molar-refractivity contribution in [1.82, 2.24) is 9.55 Å². The summed E-state index contributed by atoms with van der Waals surface area (Å²) in [7, 11) is 0. The molecule has 0 saturated heterocycles. The van der Waals surface area contributed by atoms with E-state index >= 15 is 0 Å². The average molecular weight is 289 g/mol. The van der Waals surface area contributed by atoms with E-state index in [9.17, 15) is 4.79 Å². The number of hydrogen-bond acceptors (Lipinski definition) is 4. The standard InChI is InChI=1S/C15H19N3OS/c1-4-11-9-12-14(20-11)17-13(10(2)3)18(15(12)19)8-6-5-7-16/h9-10H,4-6,8H2,1-3H3. The van der Waals surface area contributed by atoms with E-state index in [1.54, 1.807) is 15.9 Å². The summed E-state index contributed by atoms with van der Waals surface area (Å²) in [5.41, 5.74) is 0.0348. The Labute approximate surface area is 122 Å². The van der Waals surface area contributed by atoms with E-state index in [1.165, 1.54) is 4.88 Å². The van der Waals surface area contributed by atoms with Gasteiger partial charge >= 0.3 is 0 Å². The maximum Gasteiger partial charge on any atom is 0.262 e. The molecule has 0 amide bonds. The minimum absolute atomic E-state index is 0.0348. The lowest BCUT2D eigenvalue weighted by Gasteiger charge is -2.14. The van der Waals surface area contributed by atoms with Gasteiger partial charge < -0.3 is 0 Å². The molecule has 0 bridgehead atoms. The Kier molecular flexibility index (Phi) is 4.56. The molecule has 0 spiro atoms. The van der Waals surface area contributed by atoms with Gasteiger partial charge in [0.1, 0.15) is 10.7 Å². The summed E-state index contributed by atoms with van der Waals surface area (Å²) in [6.45, 7) is 6.74. The highest BCUT2D eigenvalue weighted by Crippen LogP contribution is 2.24. The largest absolute Gasteiger partial charge is 0.296 e. The van der Waals surface area contributed by atoms with Gasteiger partial charge in [0.05, 0.1) is 11.5 Å². The first-order valence-corrected chi connectivity index (χ1v) is 7.80. The maximum absolute atomic E-state index is 12.6. The van der Waals surface area contributed by atoms with Crippen molar-refractivity contribution in [2.24, 2.45) is 0 Å². The van der Waals surface area contributed by atoms with Gasteiger partial charge in [0, 0.05) is 23.8 Å². The lowest BCUT2D eigenvalue weighted by atomic mass is 10.2. The van der Waals surface area contributed by atoms with Crippen LogP contribution in [0.5, 0.6) is 0 Å². The fourth-order valence-electron chi connectivity index (χ4n) is 2.23. The van der Waals surface area contributed by atoms with Gasteiger partial charge in [-0.25, -0.2) is 4.98 Å². The summed E-state index contributed by atoms with van der Waals surface area (Å²) >= 11 is 1.60. The van der Waals surface area contributed by atoms with Crippen LogP contribution in [0, 0.1) is 11.3 Å². The predicted molar refractivity (Wildman–Crippen MR) is 82.2 cm³/mol. The van der Waals surface area contributed by atoms with Crippen molar-refractivity contribution in [3.8, 4) is 6.07 Å². The molecule has 0 atom stereocenters. The molecule has 0 aromatic carbocycles. The maximum atomic E-state index is 12.6. The Morgan fingerprint density at radius 3 is 2.85 bits per heavy atom. The molecule has 5 heteroatoms. The van der Waals surface area contributed by atoms with Crippen molar-refractivity contribution in [1.29, 1.82) is 5.26 Å². The van der Waals surface area contributed by atoms with E-state index in [4.69, 9.17) is 5.26 Å². The fourth-order valence-corrected chi connectivity index (χ4v) is 3.19. The lowest BCUT2D eigenvalue weighted by molar-refractivity contribution is 0.568. The van der Waals surface area contributed by atoms with Gasteiger partial charge in [0.2, 0.25) is 0 Å². The number of nitriles is 1. The van der Waals surface area contributed by atoms with Crippen LogP contribution in [0.1, 0.15) is 50.2 Å². The molecule has 4 nitrogen and oxygen atoms in total. The van der Waals surface area contributed by atoms with E-state index < -0.39 is 0 Å². The number of unbranched alkanes of at least 4 members (excludes halogenated alkanes) is 1. The lowest BCUT2D eigenvalue weighted by Crippen LogP contribution is -2.25. The first kappa shape index (κ1) is 14.7. The fraction of sp³-hybridized carbons (Fsp3) is 0.533. The highest BCUT2D eigenvalue weighted by molar-refractivity contribution is 7.18. The SMILES string of the molecule is CCc1cc2c(=O)n(CCCC#N)c(C(C)C)nc2s1. The van der Waals surface area contributed by atoms with Crippen molar-refractivity contribution < 1.29 is 0 Å². The number of aryl methyl sites for hydroxylation is 1. The summed E-state index contributed by atoms with van der Waals surface area (Å²) in [6, 6.07) is 4.08. The van der Waals surface area contributed by atoms with Crippen LogP contribution in [0.4, 0.5) is 0 Å². The van der Waals surface area contributed by atoms with Crippen molar-refractivity contribution in [3.05, 3.63) is 27.1 Å². The molecule has 0 aliphatic heterocycles. The number of rotatable bonds is 5. The quantitative estimate of drug-likeness (QED) is 0.792.